The number of benzene rings is 2. The molecule has 1 atom stereocenters. The number of pyridine rings is 1. The molecule has 1 aromatic heterocycles. The van der Waals surface area contributed by atoms with Gasteiger partial charge < -0.3 is 10.6 Å². The standard InChI is InChI=1S/C21H18FN3O3S/c22-16-8-11-19(23-13-16)25-21(26)15-5-9-17(10-6-15)29(27,28)20-12-7-14-3-1-2-4-18(14)24-20/h1-6,8-11,13,20,24H,7,12H2,(H,23,25,26). The summed E-state index contributed by atoms with van der Waals surface area (Å²) in [6.45, 7) is 0. The van der Waals surface area contributed by atoms with Crippen molar-refractivity contribution in [2.75, 3.05) is 10.6 Å². The van der Waals surface area contributed by atoms with E-state index >= 15 is 0 Å². The highest BCUT2D eigenvalue weighted by Crippen LogP contribution is 2.29. The highest BCUT2D eigenvalue weighted by atomic mass is 32.2. The number of anilines is 2. The largest absolute Gasteiger partial charge is 0.369 e. The molecule has 0 fully saturated rings. The fraction of sp³-hybridized carbons (Fsp3) is 0.143. The molecule has 4 rings (SSSR count). The first kappa shape index (κ1) is 19.1. The number of carbonyl (C=O) groups excluding carboxylic acids is 1. The Morgan fingerprint density at radius 1 is 1.07 bits per heavy atom. The van der Waals surface area contributed by atoms with Crippen LogP contribution >= 0.6 is 0 Å². The number of fused-ring (bicyclic) bond motifs is 1. The zero-order valence-corrected chi connectivity index (χ0v) is 16.1. The Morgan fingerprint density at radius 3 is 2.55 bits per heavy atom. The van der Waals surface area contributed by atoms with Gasteiger partial charge in [0.1, 0.15) is 17.0 Å². The van der Waals surface area contributed by atoms with E-state index in [1.54, 1.807) is 0 Å². The quantitative estimate of drug-likeness (QED) is 0.685. The lowest BCUT2D eigenvalue weighted by Crippen LogP contribution is -2.33. The molecule has 8 heteroatoms. The fourth-order valence-electron chi connectivity index (χ4n) is 3.24. The minimum absolute atomic E-state index is 0.144. The molecule has 0 aliphatic carbocycles. The first-order chi connectivity index (χ1) is 13.9. The molecule has 3 aromatic rings. The number of rotatable bonds is 4. The van der Waals surface area contributed by atoms with Crippen molar-refractivity contribution in [3.8, 4) is 0 Å². The van der Waals surface area contributed by atoms with Crippen molar-refractivity contribution in [2.45, 2.75) is 23.1 Å². The summed E-state index contributed by atoms with van der Waals surface area (Å²) in [6, 6.07) is 15.9. The van der Waals surface area contributed by atoms with Crippen molar-refractivity contribution in [1.29, 1.82) is 0 Å². The Kier molecular flexibility index (Phi) is 5.02. The van der Waals surface area contributed by atoms with Crippen LogP contribution in [0, 0.1) is 5.82 Å². The Morgan fingerprint density at radius 2 is 1.83 bits per heavy atom. The average Bonchev–Trinajstić information content (AvgIpc) is 2.75. The second kappa shape index (κ2) is 7.63. The molecule has 0 radical (unpaired) electrons. The normalized spacial score (nSPS) is 15.8. The minimum atomic E-state index is -3.61. The third-order valence-corrected chi connectivity index (χ3v) is 6.83. The van der Waals surface area contributed by atoms with Crippen LogP contribution in [0.1, 0.15) is 22.3 Å². The first-order valence-corrected chi connectivity index (χ1v) is 10.6. The van der Waals surface area contributed by atoms with Gasteiger partial charge in [-0.15, -0.1) is 0 Å². The summed E-state index contributed by atoms with van der Waals surface area (Å²) in [5.41, 5.74) is 2.20. The number of nitrogens with one attached hydrogen (secondary N) is 2. The molecule has 0 spiro atoms. The number of aromatic nitrogens is 1. The van der Waals surface area contributed by atoms with Crippen molar-refractivity contribution < 1.29 is 17.6 Å². The van der Waals surface area contributed by atoms with Crippen LogP contribution in [0.15, 0.2) is 71.8 Å². The van der Waals surface area contributed by atoms with Crippen molar-refractivity contribution in [1.82, 2.24) is 4.98 Å². The number of carbonyl (C=O) groups is 1. The zero-order chi connectivity index (χ0) is 20.4. The molecule has 0 saturated heterocycles. The lowest BCUT2D eigenvalue weighted by Gasteiger charge is -2.26. The van der Waals surface area contributed by atoms with Gasteiger partial charge in [0.2, 0.25) is 0 Å². The number of aryl methyl sites for hydroxylation is 1. The average molecular weight is 411 g/mol. The van der Waals surface area contributed by atoms with E-state index in [0.29, 0.717) is 12.8 Å². The summed E-state index contributed by atoms with van der Waals surface area (Å²) in [4.78, 5) is 16.2. The molecule has 6 nitrogen and oxygen atoms in total. The molecular weight excluding hydrogens is 393 g/mol. The van der Waals surface area contributed by atoms with Crippen LogP contribution in [0.2, 0.25) is 0 Å². The highest BCUT2D eigenvalue weighted by molar-refractivity contribution is 7.92. The van der Waals surface area contributed by atoms with Gasteiger partial charge in [0.15, 0.2) is 9.84 Å². The maximum atomic E-state index is 13.0. The molecule has 0 bridgehead atoms. The van der Waals surface area contributed by atoms with Crippen molar-refractivity contribution >= 4 is 27.2 Å². The van der Waals surface area contributed by atoms with Gasteiger partial charge in [0, 0.05) is 11.3 Å². The van der Waals surface area contributed by atoms with Crippen LogP contribution in [-0.4, -0.2) is 24.7 Å². The van der Waals surface area contributed by atoms with Crippen LogP contribution in [-0.2, 0) is 16.3 Å². The van der Waals surface area contributed by atoms with Gasteiger partial charge in [-0.2, -0.15) is 0 Å². The van der Waals surface area contributed by atoms with E-state index in [0.717, 1.165) is 17.4 Å². The molecule has 148 valence electrons. The molecule has 2 heterocycles. The number of hydrogen-bond acceptors (Lipinski definition) is 5. The third kappa shape index (κ3) is 3.97. The van der Waals surface area contributed by atoms with E-state index in [-0.39, 0.29) is 16.3 Å². The summed E-state index contributed by atoms with van der Waals surface area (Å²) in [7, 11) is -3.61. The number of nitrogens with zero attached hydrogens (tertiary/aromatic N) is 1. The van der Waals surface area contributed by atoms with Gasteiger partial charge in [-0.3, -0.25) is 4.79 Å². The number of hydrogen-bond donors (Lipinski definition) is 2. The maximum Gasteiger partial charge on any atom is 0.256 e. The smallest absolute Gasteiger partial charge is 0.256 e. The SMILES string of the molecule is O=C(Nc1ccc(F)cn1)c1ccc(S(=O)(=O)C2CCc3ccccc3N2)cc1. The summed E-state index contributed by atoms with van der Waals surface area (Å²) >= 11 is 0. The van der Waals surface area contributed by atoms with E-state index in [1.807, 2.05) is 24.3 Å². The maximum absolute atomic E-state index is 13.0. The van der Waals surface area contributed by atoms with E-state index in [9.17, 15) is 17.6 Å². The summed E-state index contributed by atoms with van der Waals surface area (Å²) in [5.74, 6) is -0.757. The van der Waals surface area contributed by atoms with E-state index in [1.165, 1.54) is 36.4 Å². The predicted octanol–water partition coefficient (Wildman–Crippen LogP) is 3.63. The summed E-state index contributed by atoms with van der Waals surface area (Å²) in [5, 5.41) is 4.92. The van der Waals surface area contributed by atoms with Gasteiger partial charge in [-0.05, 0) is 60.9 Å². The number of para-hydroxylation sites is 1. The number of halogens is 1. The van der Waals surface area contributed by atoms with Crippen LogP contribution in [0.25, 0.3) is 0 Å². The topological polar surface area (TPSA) is 88.2 Å². The van der Waals surface area contributed by atoms with Gasteiger partial charge in [0.05, 0.1) is 11.1 Å². The zero-order valence-electron chi connectivity index (χ0n) is 15.3. The lowest BCUT2D eigenvalue weighted by atomic mass is 10.0. The van der Waals surface area contributed by atoms with Crippen molar-refractivity contribution in [3.05, 3.63) is 83.8 Å². The van der Waals surface area contributed by atoms with Gasteiger partial charge in [0.25, 0.3) is 5.91 Å². The van der Waals surface area contributed by atoms with Crippen molar-refractivity contribution in [2.24, 2.45) is 0 Å². The monoisotopic (exact) mass is 411 g/mol. The molecule has 2 N–H and O–H groups in total. The Hall–Kier alpha value is -3.26. The molecule has 1 aliphatic rings. The highest BCUT2D eigenvalue weighted by Gasteiger charge is 2.30. The lowest BCUT2D eigenvalue weighted by molar-refractivity contribution is 0.102. The first-order valence-electron chi connectivity index (χ1n) is 9.05. The fourth-order valence-corrected chi connectivity index (χ4v) is 4.80. The molecule has 1 unspecified atom stereocenters. The van der Waals surface area contributed by atoms with Gasteiger partial charge in [-0.1, -0.05) is 18.2 Å². The second-order valence-electron chi connectivity index (χ2n) is 6.71. The van der Waals surface area contributed by atoms with Gasteiger partial charge >= 0.3 is 0 Å². The summed E-state index contributed by atoms with van der Waals surface area (Å²) < 4.78 is 38.9. The van der Waals surface area contributed by atoms with E-state index < -0.39 is 26.9 Å². The predicted molar refractivity (Wildman–Crippen MR) is 108 cm³/mol. The Labute approximate surface area is 167 Å². The molecular formula is C21H18FN3O3S. The molecule has 1 amide bonds. The van der Waals surface area contributed by atoms with Crippen LogP contribution in [0.4, 0.5) is 15.9 Å². The molecule has 0 saturated carbocycles. The van der Waals surface area contributed by atoms with Crippen LogP contribution in [0.5, 0.6) is 0 Å². The minimum Gasteiger partial charge on any atom is -0.369 e. The van der Waals surface area contributed by atoms with Gasteiger partial charge in [-0.25, -0.2) is 17.8 Å². The van der Waals surface area contributed by atoms with Crippen LogP contribution < -0.4 is 10.6 Å². The van der Waals surface area contributed by atoms with E-state index in [2.05, 4.69) is 15.6 Å². The molecule has 29 heavy (non-hydrogen) atoms. The molecule has 2 aromatic carbocycles. The number of sulfone groups is 1. The molecule has 1 aliphatic heterocycles. The Balaban J connectivity index is 1.49. The third-order valence-electron chi connectivity index (χ3n) is 4.80. The van der Waals surface area contributed by atoms with Crippen molar-refractivity contribution in [3.63, 3.8) is 0 Å². The summed E-state index contributed by atoms with van der Waals surface area (Å²) in [6.07, 6.45) is 2.15. The van der Waals surface area contributed by atoms with Crippen LogP contribution in [0.3, 0.4) is 0 Å². The second-order valence-corrected chi connectivity index (χ2v) is 8.84. The number of amides is 1. The van der Waals surface area contributed by atoms with E-state index in [4.69, 9.17) is 0 Å². The Bertz CT molecular complexity index is 1150.